The SMILES string of the molecule is Cn1ncc2c1CCCC2NC1CNC(=O)C1. The molecule has 0 saturated carbocycles. The first-order valence-corrected chi connectivity index (χ1v) is 6.27. The van der Waals surface area contributed by atoms with Crippen LogP contribution in [0.1, 0.15) is 36.6 Å². The first kappa shape index (κ1) is 10.8. The van der Waals surface area contributed by atoms with Crippen LogP contribution in [0.4, 0.5) is 0 Å². The lowest BCUT2D eigenvalue weighted by molar-refractivity contribution is -0.119. The van der Waals surface area contributed by atoms with Crippen LogP contribution in [0.2, 0.25) is 0 Å². The molecular weight excluding hydrogens is 216 g/mol. The number of hydrogen-bond donors (Lipinski definition) is 2. The fourth-order valence-corrected chi connectivity index (χ4v) is 2.89. The van der Waals surface area contributed by atoms with Crippen LogP contribution in [-0.4, -0.2) is 28.3 Å². The third-order valence-electron chi connectivity index (χ3n) is 3.79. The van der Waals surface area contributed by atoms with Gasteiger partial charge in [0.15, 0.2) is 0 Å². The molecule has 2 heterocycles. The van der Waals surface area contributed by atoms with Crippen molar-refractivity contribution in [2.24, 2.45) is 7.05 Å². The summed E-state index contributed by atoms with van der Waals surface area (Å²) >= 11 is 0. The van der Waals surface area contributed by atoms with Crippen LogP contribution in [0, 0.1) is 0 Å². The van der Waals surface area contributed by atoms with Gasteiger partial charge < -0.3 is 10.6 Å². The van der Waals surface area contributed by atoms with Crippen molar-refractivity contribution in [3.05, 3.63) is 17.5 Å². The fourth-order valence-electron chi connectivity index (χ4n) is 2.89. The van der Waals surface area contributed by atoms with E-state index >= 15 is 0 Å². The number of amides is 1. The van der Waals surface area contributed by atoms with Crippen molar-refractivity contribution in [3.63, 3.8) is 0 Å². The number of fused-ring (bicyclic) bond motifs is 1. The average molecular weight is 234 g/mol. The van der Waals surface area contributed by atoms with Gasteiger partial charge in [0.25, 0.3) is 0 Å². The van der Waals surface area contributed by atoms with E-state index in [9.17, 15) is 4.79 Å². The van der Waals surface area contributed by atoms with Gasteiger partial charge in [-0.05, 0) is 19.3 Å². The highest BCUT2D eigenvalue weighted by atomic mass is 16.1. The summed E-state index contributed by atoms with van der Waals surface area (Å²) in [5, 5.41) is 10.8. The van der Waals surface area contributed by atoms with Crippen molar-refractivity contribution in [1.29, 1.82) is 0 Å². The summed E-state index contributed by atoms with van der Waals surface area (Å²) < 4.78 is 1.97. The second-order valence-electron chi connectivity index (χ2n) is 4.99. The third-order valence-corrected chi connectivity index (χ3v) is 3.79. The van der Waals surface area contributed by atoms with E-state index in [2.05, 4.69) is 15.7 Å². The summed E-state index contributed by atoms with van der Waals surface area (Å²) in [7, 11) is 2.00. The fraction of sp³-hybridized carbons (Fsp3) is 0.667. The van der Waals surface area contributed by atoms with Crippen LogP contribution in [0.5, 0.6) is 0 Å². The zero-order valence-electron chi connectivity index (χ0n) is 10.1. The molecule has 5 heteroatoms. The second-order valence-corrected chi connectivity index (χ2v) is 4.99. The Bertz CT molecular complexity index is 440. The molecule has 0 spiro atoms. The third kappa shape index (κ3) is 1.95. The van der Waals surface area contributed by atoms with Gasteiger partial charge in [-0.3, -0.25) is 9.48 Å². The first-order valence-electron chi connectivity index (χ1n) is 6.27. The average Bonchev–Trinajstić information content (AvgIpc) is 2.88. The Morgan fingerprint density at radius 2 is 2.47 bits per heavy atom. The summed E-state index contributed by atoms with van der Waals surface area (Å²) in [5.74, 6) is 0.157. The van der Waals surface area contributed by atoms with Crippen molar-refractivity contribution < 1.29 is 4.79 Å². The second kappa shape index (κ2) is 4.14. The quantitative estimate of drug-likeness (QED) is 0.772. The van der Waals surface area contributed by atoms with Gasteiger partial charge in [0, 0.05) is 43.4 Å². The Morgan fingerprint density at radius 1 is 1.59 bits per heavy atom. The highest BCUT2D eigenvalue weighted by Gasteiger charge is 2.28. The van der Waals surface area contributed by atoms with Crippen LogP contribution in [-0.2, 0) is 18.3 Å². The lowest BCUT2D eigenvalue weighted by atomic mass is 9.92. The first-order chi connectivity index (χ1) is 8.24. The molecule has 1 amide bonds. The molecule has 0 bridgehead atoms. The highest BCUT2D eigenvalue weighted by Crippen LogP contribution is 2.29. The minimum absolute atomic E-state index is 0.157. The van der Waals surface area contributed by atoms with Gasteiger partial charge in [-0.1, -0.05) is 0 Å². The molecule has 1 aromatic rings. The van der Waals surface area contributed by atoms with E-state index in [0.29, 0.717) is 12.5 Å². The maximum absolute atomic E-state index is 11.2. The van der Waals surface area contributed by atoms with E-state index in [0.717, 1.165) is 19.4 Å². The minimum atomic E-state index is 0.157. The van der Waals surface area contributed by atoms with Crippen LogP contribution in [0.25, 0.3) is 0 Å². The molecular formula is C12H18N4O. The van der Waals surface area contributed by atoms with Crippen LogP contribution in [0.3, 0.4) is 0 Å². The molecule has 17 heavy (non-hydrogen) atoms. The highest BCUT2D eigenvalue weighted by molar-refractivity contribution is 5.78. The molecule has 1 saturated heterocycles. The van der Waals surface area contributed by atoms with Crippen LogP contribution < -0.4 is 10.6 Å². The molecule has 1 aliphatic carbocycles. The normalized spacial score (nSPS) is 27.9. The molecule has 3 rings (SSSR count). The number of nitrogens with one attached hydrogen (secondary N) is 2. The van der Waals surface area contributed by atoms with Gasteiger partial charge in [-0.2, -0.15) is 5.10 Å². The molecule has 2 unspecified atom stereocenters. The van der Waals surface area contributed by atoms with Gasteiger partial charge in [-0.15, -0.1) is 0 Å². The molecule has 0 aromatic carbocycles. The zero-order chi connectivity index (χ0) is 11.8. The van der Waals surface area contributed by atoms with E-state index in [1.165, 1.54) is 17.7 Å². The number of hydrogen-bond acceptors (Lipinski definition) is 3. The van der Waals surface area contributed by atoms with Gasteiger partial charge in [0.2, 0.25) is 5.91 Å². The number of carbonyl (C=O) groups is 1. The number of aromatic nitrogens is 2. The van der Waals surface area contributed by atoms with Crippen molar-refractivity contribution >= 4 is 5.91 Å². The van der Waals surface area contributed by atoms with Crippen molar-refractivity contribution in [2.45, 2.75) is 37.8 Å². The molecule has 1 aromatic heterocycles. The lowest BCUT2D eigenvalue weighted by Gasteiger charge is -2.26. The predicted octanol–water partition coefficient (Wildman–Crippen LogP) is 0.276. The van der Waals surface area contributed by atoms with Gasteiger partial charge >= 0.3 is 0 Å². The van der Waals surface area contributed by atoms with E-state index in [4.69, 9.17) is 0 Å². The monoisotopic (exact) mass is 234 g/mol. The van der Waals surface area contributed by atoms with Gasteiger partial charge in [0.05, 0.1) is 6.20 Å². The Kier molecular flexibility index (Phi) is 2.63. The van der Waals surface area contributed by atoms with Crippen molar-refractivity contribution in [2.75, 3.05) is 6.54 Å². The summed E-state index contributed by atoms with van der Waals surface area (Å²) in [6.07, 6.45) is 6.02. The van der Waals surface area contributed by atoms with E-state index in [1.54, 1.807) is 0 Å². The lowest BCUT2D eigenvalue weighted by Crippen LogP contribution is -2.36. The van der Waals surface area contributed by atoms with E-state index in [-0.39, 0.29) is 11.9 Å². The maximum Gasteiger partial charge on any atom is 0.221 e. The number of carbonyl (C=O) groups excluding carboxylic acids is 1. The van der Waals surface area contributed by atoms with E-state index in [1.807, 2.05) is 17.9 Å². The van der Waals surface area contributed by atoms with Crippen LogP contribution in [0.15, 0.2) is 6.20 Å². The van der Waals surface area contributed by atoms with Gasteiger partial charge in [-0.25, -0.2) is 0 Å². The largest absolute Gasteiger partial charge is 0.354 e. The molecule has 1 fully saturated rings. The maximum atomic E-state index is 11.2. The summed E-state index contributed by atoms with van der Waals surface area (Å²) in [5.41, 5.74) is 2.66. The van der Waals surface area contributed by atoms with E-state index < -0.39 is 0 Å². The van der Waals surface area contributed by atoms with Crippen molar-refractivity contribution in [1.82, 2.24) is 20.4 Å². The Labute approximate surface area is 101 Å². The summed E-state index contributed by atoms with van der Waals surface area (Å²) in [6, 6.07) is 0.642. The van der Waals surface area contributed by atoms with Gasteiger partial charge in [0.1, 0.15) is 0 Å². The predicted molar refractivity (Wildman–Crippen MR) is 63.4 cm³/mol. The molecule has 92 valence electrons. The zero-order valence-corrected chi connectivity index (χ0v) is 10.1. The number of aryl methyl sites for hydroxylation is 1. The standard InChI is InChI=1S/C12H18N4O/c1-16-11-4-2-3-10(9(11)7-14-16)15-8-5-12(17)13-6-8/h7-8,10,15H,2-6H2,1H3,(H,13,17). The number of rotatable bonds is 2. The molecule has 2 N–H and O–H groups in total. The molecule has 1 aliphatic heterocycles. The Morgan fingerprint density at radius 3 is 3.24 bits per heavy atom. The minimum Gasteiger partial charge on any atom is -0.354 e. The molecule has 5 nitrogen and oxygen atoms in total. The van der Waals surface area contributed by atoms with Crippen LogP contribution >= 0.6 is 0 Å². The summed E-state index contributed by atoms with van der Waals surface area (Å²) in [6.45, 7) is 0.755. The van der Waals surface area contributed by atoms with Crippen molar-refractivity contribution in [3.8, 4) is 0 Å². The Balaban J connectivity index is 1.74. The number of nitrogens with zero attached hydrogens (tertiary/aromatic N) is 2. The smallest absolute Gasteiger partial charge is 0.221 e. The summed E-state index contributed by atoms with van der Waals surface area (Å²) in [4.78, 5) is 11.2. The Hall–Kier alpha value is -1.36. The molecule has 2 aliphatic rings. The topological polar surface area (TPSA) is 59.0 Å². The molecule has 2 atom stereocenters. The molecule has 0 radical (unpaired) electrons.